The number of ether oxygens (including phenoxy) is 5. The molecule has 0 saturated heterocycles. The molecular weight excluding hydrogens is 394 g/mol. The van der Waals surface area contributed by atoms with E-state index in [1.807, 2.05) is 30.3 Å². The summed E-state index contributed by atoms with van der Waals surface area (Å²) >= 11 is 0. The lowest BCUT2D eigenvalue weighted by molar-refractivity contribution is -0.123. The minimum Gasteiger partial charge on any atom is -0.493 e. The molecule has 1 unspecified atom stereocenters. The van der Waals surface area contributed by atoms with Crippen molar-refractivity contribution in [2.75, 3.05) is 39.5 Å². The van der Waals surface area contributed by atoms with Gasteiger partial charge in [0.15, 0.2) is 11.5 Å². The van der Waals surface area contributed by atoms with Gasteiger partial charge in [0.1, 0.15) is 12.4 Å². The molecule has 2 N–H and O–H groups in total. The average Bonchev–Trinajstić information content (AvgIpc) is 3.22. The number of carbonyl (C=O) groups is 2. The highest BCUT2D eigenvalue weighted by Crippen LogP contribution is 2.46. The van der Waals surface area contributed by atoms with E-state index >= 15 is 0 Å². The van der Waals surface area contributed by atoms with Crippen molar-refractivity contribution in [2.24, 2.45) is 0 Å². The SMILES string of the molecule is COCCOc1ccc2c(c1)NC(=O)CC2c1cc(OC)c2c(c1)OCO2.O=CO. The van der Waals surface area contributed by atoms with Crippen LogP contribution in [-0.4, -0.2) is 51.7 Å². The zero-order valence-corrected chi connectivity index (χ0v) is 16.7. The van der Waals surface area contributed by atoms with Gasteiger partial charge in [0, 0.05) is 31.2 Å². The summed E-state index contributed by atoms with van der Waals surface area (Å²) in [6.45, 7) is 0.869. The third kappa shape index (κ3) is 4.57. The summed E-state index contributed by atoms with van der Waals surface area (Å²) in [5.74, 6) is 2.38. The number of rotatable bonds is 6. The minimum absolute atomic E-state index is 0.0434. The Bertz CT molecular complexity index is 914. The summed E-state index contributed by atoms with van der Waals surface area (Å²) in [7, 11) is 3.22. The molecule has 0 spiro atoms. The fourth-order valence-electron chi connectivity index (χ4n) is 3.43. The maximum atomic E-state index is 12.3. The molecule has 9 heteroatoms. The third-order valence-electron chi connectivity index (χ3n) is 4.70. The van der Waals surface area contributed by atoms with Crippen molar-refractivity contribution in [1.29, 1.82) is 0 Å². The standard InChI is InChI=1S/C20H21NO6.CH2O2/c1-23-5-6-25-13-3-4-14-15(10-19(22)21-16(14)9-13)12-7-17(24-2)20-18(8-12)26-11-27-20;2-1-3/h3-4,7-9,15H,5-6,10-11H2,1-2H3,(H,21,22);1H,(H,2,3). The van der Waals surface area contributed by atoms with Gasteiger partial charge < -0.3 is 34.1 Å². The molecule has 160 valence electrons. The second-order valence-electron chi connectivity index (χ2n) is 6.46. The molecular formula is C21H23NO8. The van der Waals surface area contributed by atoms with E-state index in [0.717, 1.165) is 16.8 Å². The number of fused-ring (bicyclic) bond motifs is 2. The first-order chi connectivity index (χ1) is 14.6. The first kappa shape index (κ1) is 21.3. The van der Waals surface area contributed by atoms with Crippen molar-refractivity contribution in [3.8, 4) is 23.0 Å². The molecule has 1 amide bonds. The smallest absolute Gasteiger partial charge is 0.290 e. The highest BCUT2D eigenvalue weighted by Gasteiger charge is 2.30. The molecule has 0 aliphatic carbocycles. The second-order valence-corrected chi connectivity index (χ2v) is 6.46. The lowest BCUT2D eigenvalue weighted by atomic mass is 9.84. The fourth-order valence-corrected chi connectivity index (χ4v) is 3.43. The fraction of sp³-hybridized carbons (Fsp3) is 0.333. The lowest BCUT2D eigenvalue weighted by Gasteiger charge is -2.27. The molecule has 0 bridgehead atoms. The Kier molecular flexibility index (Phi) is 6.97. The quantitative estimate of drug-likeness (QED) is 0.545. The Morgan fingerprint density at radius 1 is 1.20 bits per heavy atom. The van der Waals surface area contributed by atoms with E-state index < -0.39 is 0 Å². The third-order valence-corrected chi connectivity index (χ3v) is 4.70. The van der Waals surface area contributed by atoms with E-state index in [2.05, 4.69) is 5.32 Å². The van der Waals surface area contributed by atoms with E-state index in [9.17, 15) is 4.79 Å². The van der Waals surface area contributed by atoms with E-state index in [4.69, 9.17) is 33.6 Å². The van der Waals surface area contributed by atoms with Gasteiger partial charge in [-0.3, -0.25) is 9.59 Å². The van der Waals surface area contributed by atoms with Crippen LogP contribution >= 0.6 is 0 Å². The number of benzene rings is 2. The number of amides is 1. The maximum Gasteiger partial charge on any atom is 0.290 e. The topological polar surface area (TPSA) is 113 Å². The van der Waals surface area contributed by atoms with Gasteiger partial charge in [-0.05, 0) is 29.3 Å². The van der Waals surface area contributed by atoms with Gasteiger partial charge in [-0.15, -0.1) is 0 Å². The first-order valence-corrected chi connectivity index (χ1v) is 9.22. The van der Waals surface area contributed by atoms with Gasteiger partial charge in [-0.25, -0.2) is 0 Å². The summed E-state index contributed by atoms with van der Waals surface area (Å²) in [5, 5.41) is 9.82. The predicted octanol–water partition coefficient (Wildman–Crippen LogP) is 2.62. The monoisotopic (exact) mass is 417 g/mol. The normalized spacial score (nSPS) is 15.9. The van der Waals surface area contributed by atoms with E-state index in [1.54, 1.807) is 14.2 Å². The molecule has 9 nitrogen and oxygen atoms in total. The maximum absolute atomic E-state index is 12.3. The molecule has 0 saturated carbocycles. The molecule has 2 heterocycles. The highest BCUT2D eigenvalue weighted by atomic mass is 16.7. The summed E-state index contributed by atoms with van der Waals surface area (Å²) in [6, 6.07) is 9.56. The van der Waals surface area contributed by atoms with Crippen LogP contribution in [0.1, 0.15) is 23.5 Å². The number of methoxy groups -OCH3 is 2. The first-order valence-electron chi connectivity index (χ1n) is 9.22. The largest absolute Gasteiger partial charge is 0.493 e. The Hall–Kier alpha value is -3.46. The van der Waals surface area contributed by atoms with Crippen molar-refractivity contribution >= 4 is 18.1 Å². The van der Waals surface area contributed by atoms with Crippen molar-refractivity contribution in [1.82, 2.24) is 0 Å². The summed E-state index contributed by atoms with van der Waals surface area (Å²) < 4.78 is 27.1. The number of anilines is 1. The second kappa shape index (κ2) is 9.84. The zero-order chi connectivity index (χ0) is 21.5. The number of nitrogens with one attached hydrogen (secondary N) is 1. The highest BCUT2D eigenvalue weighted by molar-refractivity contribution is 5.95. The van der Waals surface area contributed by atoms with Crippen molar-refractivity contribution in [3.05, 3.63) is 41.5 Å². The van der Waals surface area contributed by atoms with E-state index in [1.165, 1.54) is 0 Å². The average molecular weight is 417 g/mol. The van der Waals surface area contributed by atoms with Crippen LogP contribution in [0.3, 0.4) is 0 Å². The Labute approximate surface area is 173 Å². The number of hydrogen-bond acceptors (Lipinski definition) is 7. The van der Waals surface area contributed by atoms with Gasteiger partial charge in [-0.2, -0.15) is 0 Å². The molecule has 1 atom stereocenters. The van der Waals surface area contributed by atoms with Gasteiger partial charge in [0.25, 0.3) is 6.47 Å². The molecule has 2 aromatic carbocycles. The molecule has 2 aliphatic heterocycles. The lowest BCUT2D eigenvalue weighted by Crippen LogP contribution is -2.23. The van der Waals surface area contributed by atoms with Gasteiger partial charge in [0.2, 0.25) is 18.4 Å². The van der Waals surface area contributed by atoms with Gasteiger partial charge in [-0.1, -0.05) is 6.07 Å². The molecule has 2 aromatic rings. The molecule has 0 radical (unpaired) electrons. The minimum atomic E-state index is -0.250. The molecule has 0 aromatic heterocycles. The van der Waals surface area contributed by atoms with Crippen LogP contribution in [0.5, 0.6) is 23.0 Å². The molecule has 2 aliphatic rings. The zero-order valence-electron chi connectivity index (χ0n) is 16.7. The summed E-state index contributed by atoms with van der Waals surface area (Å²) in [5.41, 5.74) is 2.72. The summed E-state index contributed by atoms with van der Waals surface area (Å²) in [6.07, 6.45) is 0.347. The van der Waals surface area contributed by atoms with Crippen LogP contribution in [0.15, 0.2) is 30.3 Å². The van der Waals surface area contributed by atoms with Gasteiger partial charge >= 0.3 is 0 Å². The molecule has 30 heavy (non-hydrogen) atoms. The van der Waals surface area contributed by atoms with Gasteiger partial charge in [0.05, 0.1) is 13.7 Å². The van der Waals surface area contributed by atoms with Crippen molar-refractivity contribution < 1.29 is 38.4 Å². The van der Waals surface area contributed by atoms with E-state index in [0.29, 0.717) is 42.6 Å². The Morgan fingerprint density at radius 3 is 2.73 bits per heavy atom. The summed E-state index contributed by atoms with van der Waals surface area (Å²) in [4.78, 5) is 20.7. The predicted molar refractivity (Wildman–Crippen MR) is 107 cm³/mol. The van der Waals surface area contributed by atoms with Crippen LogP contribution < -0.4 is 24.3 Å². The van der Waals surface area contributed by atoms with Crippen LogP contribution in [0.2, 0.25) is 0 Å². The molecule has 4 rings (SSSR count). The van der Waals surface area contributed by atoms with Crippen LogP contribution in [0, 0.1) is 0 Å². The Morgan fingerprint density at radius 2 is 2.00 bits per heavy atom. The number of carbonyl (C=O) groups excluding carboxylic acids is 1. The number of carboxylic acid groups (broad SMARTS) is 1. The Balaban J connectivity index is 0.000000806. The van der Waals surface area contributed by atoms with Crippen LogP contribution in [0.4, 0.5) is 5.69 Å². The van der Waals surface area contributed by atoms with Crippen molar-refractivity contribution in [3.63, 3.8) is 0 Å². The van der Waals surface area contributed by atoms with Crippen LogP contribution in [-0.2, 0) is 14.3 Å². The van der Waals surface area contributed by atoms with Crippen LogP contribution in [0.25, 0.3) is 0 Å². The van der Waals surface area contributed by atoms with E-state index in [-0.39, 0.29) is 25.1 Å². The van der Waals surface area contributed by atoms with Crippen molar-refractivity contribution in [2.45, 2.75) is 12.3 Å². The number of hydrogen-bond donors (Lipinski definition) is 2. The molecule has 0 fully saturated rings.